The molecular formula is C26H22N4O3. The highest BCUT2D eigenvalue weighted by Crippen LogP contribution is 2.33. The van der Waals surface area contributed by atoms with Gasteiger partial charge in [0.1, 0.15) is 12.4 Å². The maximum Gasteiger partial charge on any atom is 0.257 e. The van der Waals surface area contributed by atoms with Crippen molar-refractivity contribution in [3.8, 4) is 5.75 Å². The van der Waals surface area contributed by atoms with Gasteiger partial charge in [-0.25, -0.2) is 4.98 Å². The number of aromatic nitrogens is 1. The first-order valence-electron chi connectivity index (χ1n) is 10.6. The Bertz CT molecular complexity index is 1350. The second-order valence-electron chi connectivity index (χ2n) is 7.88. The number of benzene rings is 3. The van der Waals surface area contributed by atoms with Gasteiger partial charge in [-0.2, -0.15) is 0 Å². The second-order valence-corrected chi connectivity index (χ2v) is 7.88. The minimum atomic E-state index is -0.309. The van der Waals surface area contributed by atoms with Crippen molar-refractivity contribution >= 4 is 39.8 Å². The summed E-state index contributed by atoms with van der Waals surface area (Å²) in [4.78, 5) is 30.9. The van der Waals surface area contributed by atoms with Crippen LogP contribution in [0.1, 0.15) is 15.9 Å². The van der Waals surface area contributed by atoms with E-state index in [2.05, 4.69) is 15.6 Å². The van der Waals surface area contributed by atoms with Crippen LogP contribution >= 0.6 is 0 Å². The van der Waals surface area contributed by atoms with Gasteiger partial charge >= 0.3 is 0 Å². The molecule has 0 fully saturated rings. The largest absolute Gasteiger partial charge is 0.488 e. The van der Waals surface area contributed by atoms with Crippen LogP contribution in [0.2, 0.25) is 0 Å². The predicted molar refractivity (Wildman–Crippen MR) is 129 cm³/mol. The summed E-state index contributed by atoms with van der Waals surface area (Å²) < 4.78 is 6.06. The van der Waals surface area contributed by atoms with Crippen molar-refractivity contribution in [3.63, 3.8) is 0 Å². The summed E-state index contributed by atoms with van der Waals surface area (Å²) in [6.45, 7) is 0.688. The fourth-order valence-corrected chi connectivity index (χ4v) is 3.89. The molecule has 0 spiro atoms. The van der Waals surface area contributed by atoms with E-state index >= 15 is 0 Å². The van der Waals surface area contributed by atoms with E-state index in [9.17, 15) is 9.59 Å². The lowest BCUT2D eigenvalue weighted by molar-refractivity contribution is -0.115. The van der Waals surface area contributed by atoms with Gasteiger partial charge in [-0.1, -0.05) is 54.6 Å². The molecule has 0 saturated heterocycles. The maximum atomic E-state index is 13.0. The number of amides is 2. The molecule has 5 rings (SSSR count). The molecule has 3 aromatic carbocycles. The van der Waals surface area contributed by atoms with Crippen LogP contribution in [0.3, 0.4) is 0 Å². The van der Waals surface area contributed by atoms with E-state index < -0.39 is 0 Å². The molecule has 1 aliphatic rings. The molecule has 164 valence electrons. The number of hydrogen-bond donors (Lipinski definition) is 2. The van der Waals surface area contributed by atoms with E-state index in [0.717, 1.165) is 22.1 Å². The number of carbonyl (C=O) groups excluding carboxylic acids is 2. The summed E-state index contributed by atoms with van der Waals surface area (Å²) in [7, 11) is 1.79. The predicted octanol–water partition coefficient (Wildman–Crippen LogP) is 4.45. The van der Waals surface area contributed by atoms with Crippen LogP contribution in [0.4, 0.5) is 17.2 Å². The van der Waals surface area contributed by atoms with E-state index in [-0.39, 0.29) is 18.4 Å². The fourth-order valence-electron chi connectivity index (χ4n) is 3.89. The molecule has 0 aliphatic carbocycles. The van der Waals surface area contributed by atoms with Crippen molar-refractivity contribution in [1.29, 1.82) is 0 Å². The van der Waals surface area contributed by atoms with E-state index in [1.54, 1.807) is 18.0 Å². The highest BCUT2D eigenvalue weighted by molar-refractivity contribution is 6.11. The summed E-state index contributed by atoms with van der Waals surface area (Å²) in [5.74, 6) is 0.933. The van der Waals surface area contributed by atoms with Gasteiger partial charge in [0.2, 0.25) is 5.91 Å². The molecule has 4 aromatic rings. The first-order chi connectivity index (χ1) is 16.1. The van der Waals surface area contributed by atoms with Crippen molar-refractivity contribution in [1.82, 2.24) is 4.98 Å². The van der Waals surface area contributed by atoms with Gasteiger partial charge in [-0.05, 0) is 23.8 Å². The Labute approximate surface area is 191 Å². The number of likely N-dealkylation sites (N-methyl/N-ethyl adjacent to an activating group) is 1. The molecule has 33 heavy (non-hydrogen) atoms. The van der Waals surface area contributed by atoms with Crippen LogP contribution in [0.5, 0.6) is 5.75 Å². The number of carbonyl (C=O) groups is 2. The fraction of sp³-hybridized carbons (Fsp3) is 0.115. The quantitative estimate of drug-likeness (QED) is 0.481. The van der Waals surface area contributed by atoms with Crippen LogP contribution in [-0.4, -0.2) is 30.4 Å². The molecule has 0 unspecified atom stereocenters. The summed E-state index contributed by atoms with van der Waals surface area (Å²) in [5.41, 5.74) is 2.63. The number of rotatable bonds is 5. The van der Waals surface area contributed by atoms with Crippen molar-refractivity contribution in [2.75, 3.05) is 29.1 Å². The Morgan fingerprint density at radius 1 is 1.06 bits per heavy atom. The first kappa shape index (κ1) is 20.5. The number of nitrogens with one attached hydrogen (secondary N) is 2. The monoisotopic (exact) mass is 438 g/mol. The standard InChI is InChI=1S/C26H22N4O3/c1-30-15-24(31)28-22-13-18(14-27-25(22)30)26(32)29-21-11-12-23(20-10-6-5-9-19(20)21)33-16-17-7-3-2-4-8-17/h2-14H,15-16H2,1H3,(H,28,31)(H,29,32). The Morgan fingerprint density at radius 2 is 1.82 bits per heavy atom. The Hall–Kier alpha value is -4.39. The third-order valence-electron chi connectivity index (χ3n) is 5.51. The molecule has 0 saturated carbocycles. The Balaban J connectivity index is 1.40. The number of nitrogens with zero attached hydrogens (tertiary/aromatic N) is 2. The van der Waals surface area contributed by atoms with Crippen molar-refractivity contribution < 1.29 is 14.3 Å². The molecule has 7 heteroatoms. The summed E-state index contributed by atoms with van der Waals surface area (Å²) in [5, 5.41) is 7.52. The molecule has 2 N–H and O–H groups in total. The Morgan fingerprint density at radius 3 is 2.64 bits per heavy atom. The zero-order chi connectivity index (χ0) is 22.8. The number of hydrogen-bond acceptors (Lipinski definition) is 5. The van der Waals surface area contributed by atoms with Crippen LogP contribution in [0.15, 0.2) is 79.0 Å². The van der Waals surface area contributed by atoms with Gasteiger partial charge in [0.25, 0.3) is 5.91 Å². The summed E-state index contributed by atoms with van der Waals surface area (Å²) in [6, 6.07) is 23.1. The summed E-state index contributed by atoms with van der Waals surface area (Å²) in [6.07, 6.45) is 1.52. The minimum Gasteiger partial charge on any atom is -0.488 e. The number of ether oxygens (including phenoxy) is 1. The van der Waals surface area contributed by atoms with Crippen LogP contribution < -0.4 is 20.3 Å². The van der Waals surface area contributed by atoms with E-state index in [0.29, 0.717) is 29.4 Å². The second kappa shape index (κ2) is 8.63. The number of anilines is 3. The van der Waals surface area contributed by atoms with Crippen molar-refractivity contribution in [3.05, 3.63) is 90.1 Å². The van der Waals surface area contributed by atoms with E-state index in [1.807, 2.05) is 66.7 Å². The average Bonchev–Trinajstić information content (AvgIpc) is 2.83. The molecular weight excluding hydrogens is 416 g/mol. The highest BCUT2D eigenvalue weighted by atomic mass is 16.5. The lowest BCUT2D eigenvalue weighted by Crippen LogP contribution is -2.36. The van der Waals surface area contributed by atoms with Gasteiger partial charge in [0, 0.05) is 29.7 Å². The minimum absolute atomic E-state index is 0.138. The van der Waals surface area contributed by atoms with E-state index in [4.69, 9.17) is 4.74 Å². The van der Waals surface area contributed by atoms with Crippen LogP contribution in [0.25, 0.3) is 10.8 Å². The first-order valence-corrected chi connectivity index (χ1v) is 10.6. The maximum absolute atomic E-state index is 13.0. The smallest absolute Gasteiger partial charge is 0.257 e. The molecule has 2 heterocycles. The number of fused-ring (bicyclic) bond motifs is 2. The molecule has 0 atom stereocenters. The SMILES string of the molecule is CN1CC(=O)Nc2cc(C(=O)Nc3ccc(OCc4ccccc4)c4ccccc34)cnc21. The van der Waals surface area contributed by atoms with Gasteiger partial charge in [-0.3, -0.25) is 9.59 Å². The summed E-state index contributed by atoms with van der Waals surface area (Å²) >= 11 is 0. The zero-order valence-corrected chi connectivity index (χ0v) is 18.0. The molecule has 2 amide bonds. The average molecular weight is 438 g/mol. The normalized spacial score (nSPS) is 12.8. The molecule has 1 aliphatic heterocycles. The lowest BCUT2D eigenvalue weighted by Gasteiger charge is -2.26. The Kier molecular flexibility index (Phi) is 5.36. The van der Waals surface area contributed by atoms with Crippen LogP contribution in [-0.2, 0) is 11.4 Å². The zero-order valence-electron chi connectivity index (χ0n) is 18.0. The third-order valence-corrected chi connectivity index (χ3v) is 5.51. The van der Waals surface area contributed by atoms with E-state index in [1.165, 1.54) is 6.20 Å². The molecule has 1 aromatic heterocycles. The van der Waals surface area contributed by atoms with Gasteiger partial charge in [0.05, 0.1) is 17.8 Å². The van der Waals surface area contributed by atoms with Gasteiger partial charge < -0.3 is 20.3 Å². The van der Waals surface area contributed by atoms with Gasteiger partial charge in [-0.15, -0.1) is 0 Å². The molecule has 0 radical (unpaired) electrons. The third kappa shape index (κ3) is 4.21. The lowest BCUT2D eigenvalue weighted by atomic mass is 10.1. The van der Waals surface area contributed by atoms with Crippen LogP contribution in [0, 0.1) is 0 Å². The topological polar surface area (TPSA) is 83.6 Å². The molecule has 0 bridgehead atoms. The van der Waals surface area contributed by atoms with Crippen molar-refractivity contribution in [2.45, 2.75) is 6.61 Å². The highest BCUT2D eigenvalue weighted by Gasteiger charge is 2.22. The molecule has 7 nitrogen and oxygen atoms in total. The van der Waals surface area contributed by atoms with Crippen molar-refractivity contribution in [2.24, 2.45) is 0 Å². The van der Waals surface area contributed by atoms with Gasteiger partial charge in [0.15, 0.2) is 5.82 Å². The number of pyridine rings is 1.